The Morgan fingerprint density at radius 2 is 1.69 bits per heavy atom. The maximum absolute atomic E-state index is 11.7. The van der Waals surface area contributed by atoms with Crippen LogP contribution in [-0.4, -0.2) is 49.4 Å². The Balaban J connectivity index is 1.67. The fourth-order valence-electron chi connectivity index (χ4n) is 4.50. The number of esters is 1. The minimum atomic E-state index is -0.280. The molecular formula is C28H37N3O5. The van der Waals surface area contributed by atoms with Gasteiger partial charge >= 0.3 is 5.97 Å². The van der Waals surface area contributed by atoms with Crippen molar-refractivity contribution in [2.75, 3.05) is 25.1 Å². The lowest BCUT2D eigenvalue weighted by Gasteiger charge is -2.33. The topological polar surface area (TPSA) is 86.1 Å². The van der Waals surface area contributed by atoms with Gasteiger partial charge in [-0.1, -0.05) is 6.07 Å². The standard InChI is InChI=1S/C28H37N3O5/c1-18(2)34-23-12-21(13-24(16-23)35-19(3)4)17-31(22-8-10-29-11-9-22)28-30-25-14-20(15-27(32)33-5)6-7-26(25)36-28/h6-7,12-14,16,18-19,22,29H,8-11,15,17H2,1-5H3. The number of aromatic nitrogens is 1. The molecule has 1 aromatic heterocycles. The van der Waals surface area contributed by atoms with E-state index in [1.807, 2.05) is 52.0 Å². The van der Waals surface area contributed by atoms with Crippen LogP contribution in [0.1, 0.15) is 51.7 Å². The summed E-state index contributed by atoms with van der Waals surface area (Å²) in [6.07, 6.45) is 2.30. The highest BCUT2D eigenvalue weighted by Gasteiger charge is 2.26. The molecule has 0 bridgehead atoms. The van der Waals surface area contributed by atoms with Crippen molar-refractivity contribution in [2.45, 2.75) is 71.8 Å². The maximum atomic E-state index is 11.7. The van der Waals surface area contributed by atoms with E-state index in [9.17, 15) is 4.79 Å². The molecule has 1 fully saturated rings. The normalized spacial score (nSPS) is 14.4. The first-order valence-electron chi connectivity index (χ1n) is 12.7. The van der Waals surface area contributed by atoms with Crippen molar-refractivity contribution < 1.29 is 23.4 Å². The lowest BCUT2D eigenvalue weighted by molar-refractivity contribution is -0.139. The summed E-state index contributed by atoms with van der Waals surface area (Å²) in [6, 6.07) is 12.6. The number of rotatable bonds is 10. The SMILES string of the molecule is COC(=O)Cc1ccc2oc(N(Cc3cc(OC(C)C)cc(OC(C)C)c3)C3CCNCC3)nc2c1. The number of fused-ring (bicyclic) bond motifs is 1. The van der Waals surface area contributed by atoms with Crippen LogP contribution in [0.5, 0.6) is 11.5 Å². The molecule has 0 atom stereocenters. The van der Waals surface area contributed by atoms with E-state index in [1.165, 1.54) is 7.11 Å². The third-order valence-corrected chi connectivity index (χ3v) is 6.05. The first-order valence-corrected chi connectivity index (χ1v) is 12.7. The zero-order valence-electron chi connectivity index (χ0n) is 21.9. The second-order valence-electron chi connectivity index (χ2n) is 9.81. The number of oxazole rings is 1. The second kappa shape index (κ2) is 11.6. The van der Waals surface area contributed by atoms with E-state index in [0.717, 1.165) is 54.1 Å². The van der Waals surface area contributed by atoms with E-state index in [2.05, 4.69) is 22.3 Å². The summed E-state index contributed by atoms with van der Waals surface area (Å²) >= 11 is 0. The van der Waals surface area contributed by atoms with Gasteiger partial charge in [-0.05, 0) is 89.0 Å². The molecule has 0 spiro atoms. The molecule has 2 aromatic carbocycles. The summed E-state index contributed by atoms with van der Waals surface area (Å²) in [5.41, 5.74) is 3.33. The lowest BCUT2D eigenvalue weighted by atomic mass is 10.0. The summed E-state index contributed by atoms with van der Waals surface area (Å²) in [5.74, 6) is 1.29. The highest BCUT2D eigenvalue weighted by atomic mass is 16.5. The summed E-state index contributed by atoms with van der Waals surface area (Å²) in [5, 5.41) is 3.44. The Hall–Kier alpha value is -3.26. The van der Waals surface area contributed by atoms with Crippen LogP contribution < -0.4 is 19.7 Å². The van der Waals surface area contributed by atoms with Crippen LogP contribution in [0.4, 0.5) is 6.01 Å². The van der Waals surface area contributed by atoms with Crippen LogP contribution >= 0.6 is 0 Å². The van der Waals surface area contributed by atoms with E-state index in [-0.39, 0.29) is 30.6 Å². The number of hydrogen-bond donors (Lipinski definition) is 1. The molecule has 1 saturated heterocycles. The van der Waals surface area contributed by atoms with E-state index < -0.39 is 0 Å². The number of methoxy groups -OCH3 is 1. The number of carbonyl (C=O) groups is 1. The number of nitrogens with zero attached hydrogens (tertiary/aromatic N) is 2. The minimum absolute atomic E-state index is 0.0592. The summed E-state index contributed by atoms with van der Waals surface area (Å²) in [7, 11) is 1.39. The Kier molecular flexibility index (Phi) is 8.36. The minimum Gasteiger partial charge on any atom is -0.491 e. The summed E-state index contributed by atoms with van der Waals surface area (Å²) in [4.78, 5) is 18.8. The highest BCUT2D eigenvalue weighted by molar-refractivity contribution is 5.78. The summed E-state index contributed by atoms with van der Waals surface area (Å²) < 4.78 is 23.1. The fourth-order valence-corrected chi connectivity index (χ4v) is 4.50. The van der Waals surface area contributed by atoms with Crippen LogP contribution in [-0.2, 0) is 22.5 Å². The third kappa shape index (κ3) is 6.69. The predicted octanol–water partition coefficient (Wildman–Crippen LogP) is 4.88. The fraction of sp³-hybridized carbons (Fsp3) is 0.500. The van der Waals surface area contributed by atoms with Crippen LogP contribution in [0.2, 0.25) is 0 Å². The molecule has 2 heterocycles. The molecule has 0 aliphatic carbocycles. The quantitative estimate of drug-likeness (QED) is 0.399. The van der Waals surface area contributed by atoms with E-state index >= 15 is 0 Å². The molecule has 0 saturated carbocycles. The third-order valence-electron chi connectivity index (χ3n) is 6.05. The summed E-state index contributed by atoms with van der Waals surface area (Å²) in [6.45, 7) is 10.6. The molecule has 8 nitrogen and oxygen atoms in total. The van der Waals surface area contributed by atoms with Gasteiger partial charge in [-0.25, -0.2) is 0 Å². The number of hydrogen-bond acceptors (Lipinski definition) is 8. The van der Waals surface area contributed by atoms with Crippen molar-refractivity contribution in [1.29, 1.82) is 0 Å². The van der Waals surface area contributed by atoms with Gasteiger partial charge in [-0.3, -0.25) is 4.79 Å². The lowest BCUT2D eigenvalue weighted by Crippen LogP contribution is -2.43. The van der Waals surface area contributed by atoms with Crippen molar-refractivity contribution in [3.8, 4) is 11.5 Å². The number of anilines is 1. The molecule has 194 valence electrons. The predicted molar refractivity (Wildman–Crippen MR) is 140 cm³/mol. The molecule has 1 N–H and O–H groups in total. The Labute approximate surface area is 212 Å². The Bertz CT molecular complexity index is 1140. The average molecular weight is 496 g/mol. The van der Waals surface area contributed by atoms with E-state index in [0.29, 0.717) is 18.1 Å². The Morgan fingerprint density at radius 3 is 2.31 bits per heavy atom. The Morgan fingerprint density at radius 1 is 1.03 bits per heavy atom. The van der Waals surface area contributed by atoms with Crippen molar-refractivity contribution in [1.82, 2.24) is 10.3 Å². The molecular weight excluding hydrogens is 458 g/mol. The first-order chi connectivity index (χ1) is 17.3. The van der Waals surface area contributed by atoms with Gasteiger partial charge in [0.25, 0.3) is 6.01 Å². The van der Waals surface area contributed by atoms with Gasteiger partial charge in [-0.15, -0.1) is 0 Å². The van der Waals surface area contributed by atoms with Crippen LogP contribution in [0.15, 0.2) is 40.8 Å². The van der Waals surface area contributed by atoms with Gasteiger partial charge in [0.05, 0.1) is 25.7 Å². The molecule has 0 amide bonds. The van der Waals surface area contributed by atoms with E-state index in [1.54, 1.807) is 0 Å². The van der Waals surface area contributed by atoms with Crippen molar-refractivity contribution in [2.24, 2.45) is 0 Å². The molecule has 36 heavy (non-hydrogen) atoms. The number of carbonyl (C=O) groups excluding carboxylic acids is 1. The molecule has 0 radical (unpaired) electrons. The number of piperidine rings is 1. The van der Waals surface area contributed by atoms with Crippen LogP contribution in [0.3, 0.4) is 0 Å². The largest absolute Gasteiger partial charge is 0.491 e. The van der Waals surface area contributed by atoms with Crippen molar-refractivity contribution in [3.63, 3.8) is 0 Å². The van der Waals surface area contributed by atoms with E-state index in [4.69, 9.17) is 23.6 Å². The highest BCUT2D eigenvalue weighted by Crippen LogP contribution is 2.31. The molecule has 8 heteroatoms. The zero-order valence-corrected chi connectivity index (χ0v) is 21.9. The van der Waals surface area contributed by atoms with Gasteiger partial charge in [0, 0.05) is 18.7 Å². The molecule has 0 unspecified atom stereocenters. The van der Waals surface area contributed by atoms with Crippen LogP contribution in [0.25, 0.3) is 11.1 Å². The van der Waals surface area contributed by atoms with Crippen molar-refractivity contribution in [3.05, 3.63) is 47.5 Å². The first kappa shape index (κ1) is 25.8. The number of nitrogens with one attached hydrogen (secondary N) is 1. The molecule has 1 aliphatic heterocycles. The van der Waals surface area contributed by atoms with Crippen molar-refractivity contribution >= 4 is 23.1 Å². The maximum Gasteiger partial charge on any atom is 0.309 e. The second-order valence-corrected chi connectivity index (χ2v) is 9.81. The molecule has 1 aliphatic rings. The number of ether oxygens (including phenoxy) is 3. The van der Waals surface area contributed by atoms with Gasteiger partial charge in [0.15, 0.2) is 5.58 Å². The molecule has 3 aromatic rings. The van der Waals surface area contributed by atoms with Gasteiger partial charge in [0.1, 0.15) is 17.0 Å². The van der Waals surface area contributed by atoms with Gasteiger partial charge in [-0.2, -0.15) is 4.98 Å². The average Bonchev–Trinajstić information content (AvgIpc) is 3.25. The monoisotopic (exact) mass is 495 g/mol. The zero-order chi connectivity index (χ0) is 25.7. The van der Waals surface area contributed by atoms with Gasteiger partial charge < -0.3 is 28.8 Å². The number of benzene rings is 2. The molecule has 4 rings (SSSR count). The van der Waals surface area contributed by atoms with Gasteiger partial charge in [0.2, 0.25) is 0 Å². The van der Waals surface area contributed by atoms with Crippen LogP contribution in [0, 0.1) is 0 Å². The smallest absolute Gasteiger partial charge is 0.309 e.